The topological polar surface area (TPSA) is 54.5 Å². The maximum absolute atomic E-state index is 5.23. The largest absolute Gasteiger partial charge is 0.332 e. The van der Waals surface area contributed by atoms with Gasteiger partial charge in [0.15, 0.2) is 0 Å². The highest BCUT2D eigenvalue weighted by Gasteiger charge is 2.10. The molecule has 20 heavy (non-hydrogen) atoms. The maximum atomic E-state index is 5.23. The fourth-order valence-corrected chi connectivity index (χ4v) is 2.18. The Morgan fingerprint density at radius 3 is 2.80 bits per heavy atom. The lowest BCUT2D eigenvalue weighted by molar-refractivity contribution is 0.430. The number of hydrogen-bond donors (Lipinski definition) is 0. The molecule has 0 radical (unpaired) electrons. The van der Waals surface area contributed by atoms with E-state index in [9.17, 15) is 0 Å². The summed E-state index contributed by atoms with van der Waals surface area (Å²) in [6.07, 6.45) is 1.77. The summed E-state index contributed by atoms with van der Waals surface area (Å²) >= 11 is 1.62. The Morgan fingerprint density at radius 1 is 1.20 bits per heavy atom. The minimum absolute atomic E-state index is 0.427. The molecule has 0 saturated heterocycles. The van der Waals surface area contributed by atoms with Crippen LogP contribution in [0.4, 0.5) is 5.95 Å². The van der Waals surface area contributed by atoms with Crippen molar-refractivity contribution >= 4 is 23.5 Å². The van der Waals surface area contributed by atoms with E-state index in [2.05, 4.69) is 15.2 Å². The number of thiophene rings is 1. The number of hydrazone groups is 1. The fourth-order valence-electron chi connectivity index (χ4n) is 1.61. The predicted molar refractivity (Wildman–Crippen MR) is 80.1 cm³/mol. The van der Waals surface area contributed by atoms with Gasteiger partial charge in [-0.1, -0.05) is 24.3 Å². The summed E-state index contributed by atoms with van der Waals surface area (Å²) in [7, 11) is 1.78. The number of hydrogen-bond acceptors (Lipinski definition) is 6. The number of aromatic nitrogens is 2. The minimum atomic E-state index is 0.427. The summed E-state index contributed by atoms with van der Waals surface area (Å²) in [5.41, 5.74) is 0.891. The minimum Gasteiger partial charge on any atom is -0.332 e. The summed E-state index contributed by atoms with van der Waals surface area (Å²) in [4.78, 5) is 5.39. The number of benzene rings is 1. The summed E-state index contributed by atoms with van der Waals surface area (Å²) in [6, 6.07) is 13.6. The first-order valence-electron chi connectivity index (χ1n) is 6.03. The third-order valence-corrected chi connectivity index (χ3v) is 3.43. The molecule has 100 valence electrons. The van der Waals surface area contributed by atoms with Gasteiger partial charge in [0.2, 0.25) is 0 Å². The highest BCUT2D eigenvalue weighted by molar-refractivity contribution is 7.11. The van der Waals surface area contributed by atoms with Crippen molar-refractivity contribution in [3.63, 3.8) is 0 Å². The molecule has 1 aromatic carbocycles. The van der Waals surface area contributed by atoms with Gasteiger partial charge in [-0.3, -0.25) is 0 Å². The van der Waals surface area contributed by atoms with Crippen LogP contribution in [0.5, 0.6) is 0 Å². The quantitative estimate of drug-likeness (QED) is 0.545. The van der Waals surface area contributed by atoms with Gasteiger partial charge in [0.1, 0.15) is 0 Å². The fraction of sp³-hybridized carbons (Fsp3) is 0.0714. The Morgan fingerprint density at radius 2 is 2.05 bits per heavy atom. The van der Waals surface area contributed by atoms with E-state index in [0.29, 0.717) is 11.8 Å². The second-order valence-corrected chi connectivity index (χ2v) is 5.03. The van der Waals surface area contributed by atoms with Crippen molar-refractivity contribution < 1.29 is 4.52 Å². The number of rotatable bonds is 4. The first-order chi connectivity index (χ1) is 9.83. The van der Waals surface area contributed by atoms with E-state index in [1.807, 2.05) is 47.8 Å². The lowest BCUT2D eigenvalue weighted by Crippen LogP contribution is -2.10. The van der Waals surface area contributed by atoms with Crippen LogP contribution in [0, 0.1) is 0 Å². The van der Waals surface area contributed by atoms with Gasteiger partial charge < -0.3 is 4.52 Å². The van der Waals surface area contributed by atoms with Crippen LogP contribution >= 0.6 is 11.3 Å². The number of anilines is 1. The maximum Gasteiger partial charge on any atom is 0.286 e. The molecule has 0 amide bonds. The molecule has 3 rings (SSSR count). The number of nitrogens with zero attached hydrogens (tertiary/aromatic N) is 4. The first kappa shape index (κ1) is 12.6. The van der Waals surface area contributed by atoms with E-state index >= 15 is 0 Å². The molecule has 0 saturated carbocycles. The van der Waals surface area contributed by atoms with Gasteiger partial charge in [0, 0.05) is 17.5 Å². The third-order valence-electron chi connectivity index (χ3n) is 2.63. The molecule has 0 spiro atoms. The van der Waals surface area contributed by atoms with E-state index in [-0.39, 0.29) is 0 Å². The molecule has 2 aromatic heterocycles. The average Bonchev–Trinajstić information content (AvgIpc) is 3.17. The molecule has 0 aliphatic heterocycles. The molecule has 0 unspecified atom stereocenters. The molecule has 0 aliphatic rings. The van der Waals surface area contributed by atoms with Crippen molar-refractivity contribution in [3.8, 4) is 11.5 Å². The zero-order valence-corrected chi connectivity index (χ0v) is 11.6. The Labute approximate surface area is 120 Å². The monoisotopic (exact) mass is 284 g/mol. The molecule has 0 bridgehead atoms. The van der Waals surface area contributed by atoms with Crippen molar-refractivity contribution in [2.75, 3.05) is 12.1 Å². The Hall–Kier alpha value is -2.47. The first-order valence-corrected chi connectivity index (χ1v) is 6.91. The van der Waals surface area contributed by atoms with E-state index < -0.39 is 0 Å². The molecular formula is C14H12N4OS. The van der Waals surface area contributed by atoms with E-state index in [4.69, 9.17) is 4.52 Å². The van der Waals surface area contributed by atoms with Crippen LogP contribution in [0.1, 0.15) is 4.88 Å². The normalized spacial score (nSPS) is 11.1. The van der Waals surface area contributed by atoms with E-state index in [0.717, 1.165) is 10.4 Å². The van der Waals surface area contributed by atoms with Gasteiger partial charge in [-0.2, -0.15) is 10.1 Å². The molecule has 2 heterocycles. The van der Waals surface area contributed by atoms with Gasteiger partial charge in [-0.15, -0.1) is 11.3 Å². The van der Waals surface area contributed by atoms with Crippen molar-refractivity contribution in [2.24, 2.45) is 5.10 Å². The van der Waals surface area contributed by atoms with Crippen molar-refractivity contribution in [3.05, 3.63) is 52.7 Å². The van der Waals surface area contributed by atoms with E-state index in [1.165, 1.54) is 0 Å². The molecule has 0 atom stereocenters. The van der Waals surface area contributed by atoms with Gasteiger partial charge in [-0.25, -0.2) is 5.01 Å². The molecule has 0 N–H and O–H groups in total. The van der Waals surface area contributed by atoms with E-state index in [1.54, 1.807) is 29.6 Å². The summed E-state index contributed by atoms with van der Waals surface area (Å²) in [6.45, 7) is 0. The third kappa shape index (κ3) is 2.75. The Bertz CT molecular complexity index is 691. The lowest BCUT2D eigenvalue weighted by atomic mass is 10.2. The second-order valence-electron chi connectivity index (χ2n) is 4.05. The Kier molecular flexibility index (Phi) is 3.56. The van der Waals surface area contributed by atoms with Crippen LogP contribution in [0.2, 0.25) is 0 Å². The summed E-state index contributed by atoms with van der Waals surface area (Å²) < 4.78 is 5.23. The predicted octanol–water partition coefficient (Wildman–Crippen LogP) is 3.27. The molecule has 5 nitrogen and oxygen atoms in total. The molecule has 6 heteroatoms. The zero-order chi connectivity index (χ0) is 13.8. The van der Waals surface area contributed by atoms with Gasteiger partial charge >= 0.3 is 0 Å². The van der Waals surface area contributed by atoms with Crippen molar-refractivity contribution in [1.82, 2.24) is 10.1 Å². The van der Waals surface area contributed by atoms with Crippen molar-refractivity contribution in [1.29, 1.82) is 0 Å². The molecule has 3 aromatic rings. The molecule has 0 fully saturated rings. The van der Waals surface area contributed by atoms with Crippen LogP contribution in [0.15, 0.2) is 57.5 Å². The van der Waals surface area contributed by atoms with Crippen LogP contribution in [-0.2, 0) is 0 Å². The standard InChI is InChI=1S/C14H12N4OS/c1-18(15-10-12-8-5-9-20-12)14-16-13(19-17-14)11-6-3-2-4-7-11/h2-10H,1H3/b15-10+. The van der Waals surface area contributed by atoms with Crippen LogP contribution in [0.25, 0.3) is 11.5 Å². The average molecular weight is 284 g/mol. The highest BCUT2D eigenvalue weighted by Crippen LogP contribution is 2.19. The van der Waals surface area contributed by atoms with Gasteiger partial charge in [0.25, 0.3) is 11.8 Å². The zero-order valence-electron chi connectivity index (χ0n) is 10.8. The summed E-state index contributed by atoms with van der Waals surface area (Å²) in [5, 5.41) is 11.8. The Balaban J connectivity index is 1.76. The molecule has 0 aliphatic carbocycles. The van der Waals surface area contributed by atoms with Crippen molar-refractivity contribution in [2.45, 2.75) is 0 Å². The SMILES string of the molecule is CN(/N=C/c1cccs1)c1noc(-c2ccccc2)n1. The smallest absolute Gasteiger partial charge is 0.286 e. The highest BCUT2D eigenvalue weighted by atomic mass is 32.1. The molecular weight excluding hydrogens is 272 g/mol. The second kappa shape index (κ2) is 5.66. The van der Waals surface area contributed by atoms with Gasteiger partial charge in [-0.05, 0) is 28.7 Å². The summed E-state index contributed by atoms with van der Waals surface area (Å²) in [5.74, 6) is 0.912. The van der Waals surface area contributed by atoms with Gasteiger partial charge in [0.05, 0.1) is 6.21 Å². The van der Waals surface area contributed by atoms with Crippen LogP contribution in [-0.4, -0.2) is 23.4 Å². The van der Waals surface area contributed by atoms with Crippen LogP contribution in [0.3, 0.4) is 0 Å². The van der Waals surface area contributed by atoms with Crippen LogP contribution < -0.4 is 5.01 Å². The lowest BCUT2D eigenvalue weighted by Gasteiger charge is -2.04.